The summed E-state index contributed by atoms with van der Waals surface area (Å²) in [6.45, 7) is 5.64. The van der Waals surface area contributed by atoms with Gasteiger partial charge in [0.25, 0.3) is 10.0 Å². The number of nitrogens with one attached hydrogen (secondary N) is 1. The molecule has 0 bridgehead atoms. The van der Waals surface area contributed by atoms with Crippen molar-refractivity contribution in [2.24, 2.45) is 5.92 Å². The third kappa shape index (κ3) is 5.01. The van der Waals surface area contributed by atoms with Crippen LogP contribution in [0.2, 0.25) is 0 Å². The summed E-state index contributed by atoms with van der Waals surface area (Å²) in [4.78, 5) is 12.6. The molecule has 2 aromatic rings. The van der Waals surface area contributed by atoms with Crippen LogP contribution in [0.25, 0.3) is 0 Å². The monoisotopic (exact) mass is 420 g/mol. The van der Waals surface area contributed by atoms with Gasteiger partial charge in [-0.3, -0.25) is 4.79 Å². The Morgan fingerprint density at radius 2 is 2.00 bits per heavy atom. The largest absolute Gasteiger partial charge is 0.355 e. The summed E-state index contributed by atoms with van der Waals surface area (Å²) in [5, 5.41) is 4.75. The Balaban J connectivity index is 1.51. The fourth-order valence-corrected chi connectivity index (χ4v) is 6.12. The van der Waals surface area contributed by atoms with Crippen molar-refractivity contribution in [2.75, 3.05) is 19.6 Å². The summed E-state index contributed by atoms with van der Waals surface area (Å²) < 4.78 is 27.2. The van der Waals surface area contributed by atoms with Gasteiger partial charge in [-0.25, -0.2) is 8.42 Å². The molecule has 0 spiro atoms. The summed E-state index contributed by atoms with van der Waals surface area (Å²) >= 11 is 1.22. The van der Waals surface area contributed by atoms with Crippen molar-refractivity contribution in [3.63, 3.8) is 0 Å². The zero-order chi connectivity index (χ0) is 20.1. The molecule has 0 saturated carbocycles. The molecule has 1 saturated heterocycles. The minimum atomic E-state index is -3.49. The molecule has 1 aliphatic heterocycles. The highest BCUT2D eigenvalue weighted by molar-refractivity contribution is 7.91. The Labute approximate surface area is 171 Å². The summed E-state index contributed by atoms with van der Waals surface area (Å²) in [6.07, 6.45) is 2.21. The highest BCUT2D eigenvalue weighted by Gasteiger charge is 2.33. The zero-order valence-electron chi connectivity index (χ0n) is 16.4. The molecule has 5 nitrogen and oxygen atoms in total. The Bertz CT molecular complexity index is 875. The zero-order valence-corrected chi connectivity index (χ0v) is 18.1. The summed E-state index contributed by atoms with van der Waals surface area (Å²) in [7, 11) is -3.49. The van der Waals surface area contributed by atoms with Crippen molar-refractivity contribution in [1.29, 1.82) is 0 Å². The quantitative estimate of drug-likeness (QED) is 0.744. The number of thiophene rings is 1. The average molecular weight is 421 g/mol. The van der Waals surface area contributed by atoms with Gasteiger partial charge in [-0.15, -0.1) is 11.3 Å². The number of nitrogens with zero attached hydrogens (tertiary/aromatic N) is 1. The van der Waals surface area contributed by atoms with Crippen LogP contribution in [-0.2, 0) is 21.2 Å². The molecule has 1 aromatic carbocycles. The van der Waals surface area contributed by atoms with Crippen molar-refractivity contribution in [1.82, 2.24) is 9.62 Å². The van der Waals surface area contributed by atoms with Crippen LogP contribution < -0.4 is 5.32 Å². The highest BCUT2D eigenvalue weighted by atomic mass is 32.2. The van der Waals surface area contributed by atoms with E-state index in [2.05, 4.69) is 43.4 Å². The van der Waals surface area contributed by atoms with Crippen molar-refractivity contribution in [2.45, 2.75) is 43.2 Å². The lowest BCUT2D eigenvalue weighted by Crippen LogP contribution is -2.45. The van der Waals surface area contributed by atoms with Crippen LogP contribution in [0, 0.1) is 5.92 Å². The maximum Gasteiger partial charge on any atom is 0.252 e. The van der Waals surface area contributed by atoms with Gasteiger partial charge in [0.2, 0.25) is 5.91 Å². The van der Waals surface area contributed by atoms with E-state index in [-0.39, 0.29) is 18.4 Å². The number of hydrogen-bond acceptors (Lipinski definition) is 4. The molecule has 1 amide bonds. The number of amides is 1. The average Bonchev–Trinajstić information content (AvgIpc) is 3.24. The van der Waals surface area contributed by atoms with E-state index in [4.69, 9.17) is 0 Å². The van der Waals surface area contributed by atoms with Gasteiger partial charge in [0.1, 0.15) is 4.21 Å². The van der Waals surface area contributed by atoms with Crippen LogP contribution >= 0.6 is 11.3 Å². The molecule has 28 heavy (non-hydrogen) atoms. The first-order valence-corrected chi connectivity index (χ1v) is 12.1. The molecule has 1 atom stereocenters. The lowest BCUT2D eigenvalue weighted by Gasteiger charge is -2.30. The third-order valence-electron chi connectivity index (χ3n) is 5.20. The molecule has 1 N–H and O–H groups in total. The van der Waals surface area contributed by atoms with Gasteiger partial charge in [-0.05, 0) is 47.8 Å². The summed E-state index contributed by atoms with van der Waals surface area (Å²) in [6, 6.07) is 11.8. The first-order chi connectivity index (χ1) is 13.4. The molecule has 152 valence electrons. The van der Waals surface area contributed by atoms with E-state index in [1.807, 2.05) is 0 Å². The number of benzene rings is 1. The van der Waals surface area contributed by atoms with E-state index in [9.17, 15) is 13.2 Å². The van der Waals surface area contributed by atoms with E-state index in [0.29, 0.717) is 29.6 Å². The van der Waals surface area contributed by atoms with Crippen LogP contribution in [0.1, 0.15) is 43.7 Å². The molecule has 3 rings (SSSR count). The first-order valence-electron chi connectivity index (χ1n) is 9.78. The maximum absolute atomic E-state index is 12.7. The molecule has 0 aliphatic carbocycles. The smallest absolute Gasteiger partial charge is 0.252 e. The predicted octanol–water partition coefficient (Wildman–Crippen LogP) is 3.63. The van der Waals surface area contributed by atoms with Gasteiger partial charge in [-0.2, -0.15) is 4.31 Å². The van der Waals surface area contributed by atoms with Crippen LogP contribution in [0.4, 0.5) is 0 Å². The van der Waals surface area contributed by atoms with Crippen LogP contribution in [0.3, 0.4) is 0 Å². The number of carbonyl (C=O) groups excluding carboxylic acids is 1. The number of hydrogen-bond donors (Lipinski definition) is 1. The summed E-state index contributed by atoms with van der Waals surface area (Å²) in [5.41, 5.74) is 2.50. The van der Waals surface area contributed by atoms with Gasteiger partial charge >= 0.3 is 0 Å². The van der Waals surface area contributed by atoms with E-state index in [1.54, 1.807) is 17.5 Å². The van der Waals surface area contributed by atoms with Crippen molar-refractivity contribution < 1.29 is 13.2 Å². The van der Waals surface area contributed by atoms with Gasteiger partial charge in [0, 0.05) is 19.6 Å². The minimum Gasteiger partial charge on any atom is -0.355 e. The van der Waals surface area contributed by atoms with E-state index >= 15 is 0 Å². The van der Waals surface area contributed by atoms with Crippen LogP contribution in [0.15, 0.2) is 46.0 Å². The van der Waals surface area contributed by atoms with Gasteiger partial charge in [0.15, 0.2) is 0 Å². The Hall–Kier alpha value is -1.70. The molecule has 1 aliphatic rings. The lowest BCUT2D eigenvalue weighted by atomic mass is 9.98. The fraction of sp³-hybridized carbons (Fsp3) is 0.476. The molecule has 0 radical (unpaired) electrons. The molecule has 7 heteroatoms. The molecule has 1 aromatic heterocycles. The molecular weight excluding hydrogens is 392 g/mol. The number of piperidine rings is 1. The number of carbonyl (C=O) groups is 1. The molecular formula is C21H28N2O3S2. The first kappa shape index (κ1) is 21.0. The minimum absolute atomic E-state index is 0.0510. The Morgan fingerprint density at radius 1 is 1.25 bits per heavy atom. The highest BCUT2D eigenvalue weighted by Crippen LogP contribution is 2.26. The van der Waals surface area contributed by atoms with Gasteiger partial charge in [0.05, 0.1) is 5.92 Å². The van der Waals surface area contributed by atoms with E-state index < -0.39 is 10.0 Å². The van der Waals surface area contributed by atoms with Crippen molar-refractivity contribution in [3.8, 4) is 0 Å². The second kappa shape index (κ2) is 9.20. The van der Waals surface area contributed by atoms with E-state index in [0.717, 1.165) is 12.8 Å². The maximum atomic E-state index is 12.7. The normalized spacial score (nSPS) is 18.3. The second-order valence-corrected chi connectivity index (χ2v) is 10.7. The topological polar surface area (TPSA) is 66.5 Å². The third-order valence-corrected chi connectivity index (χ3v) is 8.44. The Kier molecular flexibility index (Phi) is 6.91. The van der Waals surface area contributed by atoms with Gasteiger partial charge in [-0.1, -0.05) is 44.2 Å². The van der Waals surface area contributed by atoms with Crippen LogP contribution in [0.5, 0.6) is 0 Å². The van der Waals surface area contributed by atoms with E-state index in [1.165, 1.54) is 26.8 Å². The predicted molar refractivity (Wildman–Crippen MR) is 113 cm³/mol. The summed E-state index contributed by atoms with van der Waals surface area (Å²) in [5.74, 6) is 0.171. The number of sulfonamides is 1. The van der Waals surface area contributed by atoms with Gasteiger partial charge < -0.3 is 5.32 Å². The lowest BCUT2D eigenvalue weighted by molar-refractivity contribution is -0.126. The molecule has 2 heterocycles. The Morgan fingerprint density at radius 3 is 2.64 bits per heavy atom. The molecule has 0 unspecified atom stereocenters. The fourth-order valence-electron chi connectivity index (χ4n) is 3.46. The standard InChI is InChI=1S/C21H28N2O3S2/c1-16(2)18-9-7-17(8-10-18)11-12-22-21(24)19-5-3-13-23(15-19)28(25,26)20-6-4-14-27-20/h4,6-10,14,16,19H,3,5,11-13,15H2,1-2H3,(H,22,24)/t19-/m0/s1. The van der Waals surface area contributed by atoms with Crippen molar-refractivity contribution >= 4 is 27.3 Å². The molecule has 1 fully saturated rings. The SMILES string of the molecule is CC(C)c1ccc(CCNC(=O)[C@H]2CCCN(S(=O)(=O)c3cccs3)C2)cc1. The second-order valence-electron chi connectivity index (χ2n) is 7.57. The van der Waals surface area contributed by atoms with Crippen LogP contribution in [-0.4, -0.2) is 38.3 Å². The van der Waals surface area contributed by atoms with Crippen molar-refractivity contribution in [3.05, 3.63) is 52.9 Å². The number of rotatable bonds is 7.